The van der Waals surface area contributed by atoms with Crippen molar-refractivity contribution in [3.05, 3.63) is 94.0 Å². The minimum atomic E-state index is -0.458. The summed E-state index contributed by atoms with van der Waals surface area (Å²) in [4.78, 5) is 12.6. The number of halogens is 4. The zero-order chi connectivity index (χ0) is 23.3. The molecule has 3 rings (SSSR count). The molecule has 8 heteroatoms. The van der Waals surface area contributed by atoms with Crippen LogP contribution in [-0.2, 0) is 11.4 Å². The number of aryl methyl sites for hydroxylation is 1. The highest BCUT2D eigenvalue weighted by molar-refractivity contribution is 14.1. The van der Waals surface area contributed by atoms with Gasteiger partial charge in [-0.15, -0.1) is 0 Å². The summed E-state index contributed by atoms with van der Waals surface area (Å²) < 4.78 is 7.69. The number of hydrogen-bond donors (Lipinski definition) is 1. The molecule has 0 aromatic heterocycles. The summed E-state index contributed by atoms with van der Waals surface area (Å²) in [5.74, 6) is 0.248. The Morgan fingerprint density at radius 3 is 2.47 bits per heavy atom. The number of rotatable bonds is 6. The van der Waals surface area contributed by atoms with Crippen molar-refractivity contribution in [2.24, 2.45) is 0 Å². The number of nitrogens with one attached hydrogen (secondary N) is 1. The van der Waals surface area contributed by atoms with E-state index in [9.17, 15) is 10.1 Å². The molecular weight excluding hydrogens is 673 g/mol. The molecule has 3 aromatic rings. The first-order chi connectivity index (χ1) is 15.3. The topological polar surface area (TPSA) is 62.1 Å². The maximum Gasteiger partial charge on any atom is 0.266 e. The zero-order valence-electron chi connectivity index (χ0n) is 16.8. The second-order valence-corrected chi connectivity index (χ2v) is 10.00. The molecule has 0 unspecified atom stereocenters. The highest BCUT2D eigenvalue weighted by Crippen LogP contribution is 2.31. The van der Waals surface area contributed by atoms with Gasteiger partial charge in [-0.2, -0.15) is 5.26 Å². The largest absolute Gasteiger partial charge is 0.487 e. The van der Waals surface area contributed by atoms with E-state index < -0.39 is 5.91 Å². The Balaban J connectivity index is 1.78. The van der Waals surface area contributed by atoms with Gasteiger partial charge in [0.05, 0.1) is 7.14 Å². The van der Waals surface area contributed by atoms with Gasteiger partial charge in [0.1, 0.15) is 24.0 Å². The van der Waals surface area contributed by atoms with E-state index in [0.717, 1.165) is 23.8 Å². The minimum absolute atomic E-state index is 0.0136. The van der Waals surface area contributed by atoms with E-state index in [4.69, 9.17) is 27.9 Å². The van der Waals surface area contributed by atoms with E-state index in [2.05, 4.69) is 50.5 Å². The van der Waals surface area contributed by atoms with Gasteiger partial charge < -0.3 is 10.1 Å². The summed E-state index contributed by atoms with van der Waals surface area (Å²) in [7, 11) is 0. The van der Waals surface area contributed by atoms with E-state index in [0.29, 0.717) is 28.1 Å². The van der Waals surface area contributed by atoms with Gasteiger partial charge in [-0.3, -0.25) is 4.79 Å². The number of carbonyl (C=O) groups excluding carboxylic acids is 1. The Hall–Kier alpha value is -1.80. The molecule has 0 bridgehead atoms. The van der Waals surface area contributed by atoms with E-state index in [1.165, 1.54) is 0 Å². The van der Waals surface area contributed by atoms with Crippen molar-refractivity contribution in [1.29, 1.82) is 5.26 Å². The average Bonchev–Trinajstić information content (AvgIpc) is 2.72. The standard InChI is InChI=1S/C24H16Cl2I2N2O2/c1-14-3-2-4-19(7-14)30-24(31)17(12-29)8-15-9-21(27)23(22(28)10-15)32-13-16-5-6-18(25)11-20(16)26/h2-11H,13H2,1H3,(H,30,31)/b17-8-. The molecular formula is C24H16Cl2I2N2O2. The van der Waals surface area contributed by atoms with E-state index in [-0.39, 0.29) is 5.57 Å². The van der Waals surface area contributed by atoms with Crippen LogP contribution >= 0.6 is 68.4 Å². The van der Waals surface area contributed by atoms with Crippen LogP contribution in [0.5, 0.6) is 5.75 Å². The van der Waals surface area contributed by atoms with Crippen molar-refractivity contribution in [3.63, 3.8) is 0 Å². The normalized spacial score (nSPS) is 11.1. The number of nitriles is 1. The zero-order valence-corrected chi connectivity index (χ0v) is 22.6. The van der Waals surface area contributed by atoms with Crippen LogP contribution in [0, 0.1) is 25.4 Å². The number of nitrogens with zero attached hydrogens (tertiary/aromatic N) is 1. The number of ether oxygens (including phenoxy) is 1. The molecule has 0 aliphatic rings. The molecule has 162 valence electrons. The lowest BCUT2D eigenvalue weighted by molar-refractivity contribution is -0.112. The molecule has 0 aliphatic heterocycles. The summed E-state index contributed by atoms with van der Waals surface area (Å²) >= 11 is 16.5. The molecule has 0 aliphatic carbocycles. The highest BCUT2D eigenvalue weighted by Gasteiger charge is 2.13. The molecule has 1 N–H and O–H groups in total. The fraction of sp³-hybridized carbons (Fsp3) is 0.0833. The highest BCUT2D eigenvalue weighted by atomic mass is 127. The first kappa shape index (κ1) is 24.8. The fourth-order valence-electron chi connectivity index (χ4n) is 2.83. The number of benzene rings is 3. The summed E-state index contributed by atoms with van der Waals surface area (Å²) in [5.41, 5.74) is 3.23. The van der Waals surface area contributed by atoms with Crippen molar-refractivity contribution in [1.82, 2.24) is 0 Å². The maximum absolute atomic E-state index is 12.6. The van der Waals surface area contributed by atoms with Gasteiger partial charge in [0.15, 0.2) is 0 Å². The van der Waals surface area contributed by atoms with Crippen LogP contribution in [0.4, 0.5) is 5.69 Å². The van der Waals surface area contributed by atoms with Crippen LogP contribution in [0.2, 0.25) is 10.0 Å². The predicted octanol–water partition coefficient (Wildman–Crippen LogP) is 7.64. The summed E-state index contributed by atoms with van der Waals surface area (Å²) in [6.45, 7) is 2.23. The first-order valence-electron chi connectivity index (χ1n) is 9.32. The van der Waals surface area contributed by atoms with Gasteiger partial charge >= 0.3 is 0 Å². The van der Waals surface area contributed by atoms with Gasteiger partial charge in [-0.1, -0.05) is 41.4 Å². The molecule has 1 amide bonds. The van der Waals surface area contributed by atoms with Crippen molar-refractivity contribution < 1.29 is 9.53 Å². The number of hydrogen-bond acceptors (Lipinski definition) is 3. The molecule has 3 aromatic carbocycles. The third-order valence-corrected chi connectivity index (χ3v) is 6.55. The van der Waals surface area contributed by atoms with Crippen LogP contribution in [-0.4, -0.2) is 5.91 Å². The second kappa shape index (κ2) is 11.4. The second-order valence-electron chi connectivity index (χ2n) is 6.83. The van der Waals surface area contributed by atoms with E-state index >= 15 is 0 Å². The molecule has 0 saturated heterocycles. The molecule has 4 nitrogen and oxygen atoms in total. The van der Waals surface area contributed by atoms with E-state index in [1.54, 1.807) is 24.3 Å². The van der Waals surface area contributed by atoms with Crippen molar-refractivity contribution in [3.8, 4) is 11.8 Å². The van der Waals surface area contributed by atoms with Crippen molar-refractivity contribution in [2.75, 3.05) is 5.32 Å². The number of carbonyl (C=O) groups is 1. The monoisotopic (exact) mass is 688 g/mol. The Bertz CT molecular complexity index is 1230. The third kappa shape index (κ3) is 6.61. The molecule has 0 atom stereocenters. The van der Waals surface area contributed by atoms with Crippen molar-refractivity contribution in [2.45, 2.75) is 13.5 Å². The van der Waals surface area contributed by atoms with E-state index in [1.807, 2.05) is 49.4 Å². The average molecular weight is 689 g/mol. The van der Waals surface area contributed by atoms with Crippen LogP contribution in [0.3, 0.4) is 0 Å². The Morgan fingerprint density at radius 2 is 1.84 bits per heavy atom. The van der Waals surface area contributed by atoms with Crippen molar-refractivity contribution >= 4 is 86.1 Å². The van der Waals surface area contributed by atoms with Gasteiger partial charge in [0, 0.05) is 21.3 Å². The Labute approximate surface area is 223 Å². The SMILES string of the molecule is Cc1cccc(NC(=O)/C(C#N)=C\c2cc(I)c(OCc3ccc(Cl)cc3Cl)c(I)c2)c1. The molecule has 32 heavy (non-hydrogen) atoms. The number of anilines is 1. The Morgan fingerprint density at radius 1 is 1.12 bits per heavy atom. The van der Waals surface area contributed by atoms with Crippen LogP contribution in [0.1, 0.15) is 16.7 Å². The first-order valence-corrected chi connectivity index (χ1v) is 12.2. The lowest BCUT2D eigenvalue weighted by atomic mass is 10.1. The van der Waals surface area contributed by atoms with Gasteiger partial charge in [-0.05, 0) is 106 Å². The van der Waals surface area contributed by atoms with Gasteiger partial charge in [0.25, 0.3) is 5.91 Å². The summed E-state index contributed by atoms with van der Waals surface area (Å²) in [6, 6.07) is 18.4. The summed E-state index contributed by atoms with van der Waals surface area (Å²) in [6.07, 6.45) is 1.56. The predicted molar refractivity (Wildman–Crippen MR) is 146 cm³/mol. The molecule has 0 heterocycles. The molecule has 0 spiro atoms. The van der Waals surface area contributed by atoms with Crippen LogP contribution in [0.15, 0.2) is 60.2 Å². The van der Waals surface area contributed by atoms with Crippen LogP contribution < -0.4 is 10.1 Å². The lowest BCUT2D eigenvalue weighted by Gasteiger charge is -2.13. The minimum Gasteiger partial charge on any atom is -0.487 e. The lowest BCUT2D eigenvalue weighted by Crippen LogP contribution is -2.13. The molecule has 0 fully saturated rings. The van der Waals surface area contributed by atoms with Crippen LogP contribution in [0.25, 0.3) is 6.08 Å². The summed E-state index contributed by atoms with van der Waals surface area (Å²) in [5, 5.41) is 13.4. The Kier molecular flexibility index (Phi) is 8.82. The smallest absolute Gasteiger partial charge is 0.266 e. The fourth-order valence-corrected chi connectivity index (χ4v) is 5.42. The van der Waals surface area contributed by atoms with Gasteiger partial charge in [0.2, 0.25) is 0 Å². The quantitative estimate of drug-likeness (QED) is 0.165. The molecule has 0 saturated carbocycles. The number of amides is 1. The third-order valence-electron chi connectivity index (χ3n) is 4.36. The van der Waals surface area contributed by atoms with Gasteiger partial charge in [-0.25, -0.2) is 0 Å². The molecule has 0 radical (unpaired) electrons. The maximum atomic E-state index is 12.6.